The molecule has 2 aromatic carbocycles. The fourth-order valence-corrected chi connectivity index (χ4v) is 2.40. The summed E-state index contributed by atoms with van der Waals surface area (Å²) in [5, 5.41) is 9.95. The van der Waals surface area contributed by atoms with Gasteiger partial charge in [-0.15, -0.1) is 0 Å². The molecule has 24 heavy (non-hydrogen) atoms. The van der Waals surface area contributed by atoms with Gasteiger partial charge in [-0.2, -0.15) is 0 Å². The summed E-state index contributed by atoms with van der Waals surface area (Å²) < 4.78 is 22.3. The van der Waals surface area contributed by atoms with Crippen LogP contribution < -0.4 is 15.8 Å². The molecule has 2 aromatic rings. The van der Waals surface area contributed by atoms with Crippen LogP contribution >= 0.6 is 0 Å². The summed E-state index contributed by atoms with van der Waals surface area (Å²) in [4.78, 5) is 23.5. The molecule has 0 spiro atoms. The Bertz CT molecular complexity index is 844. The molecule has 0 bridgehead atoms. The molecule has 0 radical (unpaired) electrons. The number of rotatable bonds is 4. The first-order valence-electron chi connectivity index (χ1n) is 7.03. The third-order valence-electron chi connectivity index (χ3n) is 3.22. The lowest BCUT2D eigenvalue weighted by Crippen LogP contribution is -2.34. The topological polar surface area (TPSA) is 118 Å². The highest BCUT2D eigenvalue weighted by atomic mass is 32.2. The minimum Gasteiger partial charge on any atom is -0.344 e. The van der Waals surface area contributed by atoms with E-state index in [1.165, 1.54) is 24.3 Å². The Kier molecular flexibility index (Phi) is 5.32. The van der Waals surface area contributed by atoms with Crippen LogP contribution in [0.4, 0.5) is 5.69 Å². The number of nitrogens with one attached hydrogen (secondary N) is 2. The molecule has 0 aliphatic heterocycles. The van der Waals surface area contributed by atoms with Crippen molar-refractivity contribution in [3.8, 4) is 0 Å². The lowest BCUT2D eigenvalue weighted by atomic mass is 10.2. The van der Waals surface area contributed by atoms with Gasteiger partial charge in [0.2, 0.25) is 10.0 Å². The van der Waals surface area contributed by atoms with Crippen LogP contribution in [0, 0.1) is 6.92 Å². The van der Waals surface area contributed by atoms with Gasteiger partial charge < -0.3 is 10.6 Å². The molecule has 0 heterocycles. The number of primary sulfonamides is 1. The molecular weight excluding hydrogens is 330 g/mol. The fourth-order valence-electron chi connectivity index (χ4n) is 1.88. The first-order chi connectivity index (χ1) is 11.3. The number of sulfonamides is 1. The van der Waals surface area contributed by atoms with Crippen molar-refractivity contribution in [1.82, 2.24) is 5.32 Å². The normalized spacial score (nSPS) is 10.9. The van der Waals surface area contributed by atoms with Crippen LogP contribution in [-0.2, 0) is 26.2 Å². The predicted molar refractivity (Wildman–Crippen MR) is 89.5 cm³/mol. The second-order valence-corrected chi connectivity index (χ2v) is 6.75. The lowest BCUT2D eigenvalue weighted by Gasteiger charge is -2.07. The Morgan fingerprint density at radius 2 is 1.54 bits per heavy atom. The molecule has 0 atom stereocenters. The van der Waals surface area contributed by atoms with Crippen LogP contribution in [0.3, 0.4) is 0 Å². The molecule has 0 aromatic heterocycles. The second-order valence-electron chi connectivity index (χ2n) is 5.19. The van der Waals surface area contributed by atoms with Gasteiger partial charge in [-0.3, -0.25) is 9.59 Å². The minimum atomic E-state index is -3.75. The summed E-state index contributed by atoms with van der Waals surface area (Å²) in [7, 11) is -3.75. The first kappa shape index (κ1) is 17.6. The summed E-state index contributed by atoms with van der Waals surface area (Å²) in [6, 6.07) is 12.7. The molecule has 0 aliphatic carbocycles. The van der Waals surface area contributed by atoms with Gasteiger partial charge in [-0.05, 0) is 36.8 Å². The maximum atomic E-state index is 11.8. The number of hydrogen-bond acceptors (Lipinski definition) is 4. The van der Waals surface area contributed by atoms with E-state index >= 15 is 0 Å². The van der Waals surface area contributed by atoms with Gasteiger partial charge in [-0.1, -0.05) is 29.8 Å². The summed E-state index contributed by atoms with van der Waals surface area (Å²) in [5.74, 6) is -1.56. The molecule has 7 nitrogen and oxygen atoms in total. The smallest absolute Gasteiger partial charge is 0.313 e. The maximum absolute atomic E-state index is 11.8. The van der Waals surface area contributed by atoms with Gasteiger partial charge in [0.05, 0.1) is 4.90 Å². The molecule has 0 saturated carbocycles. The van der Waals surface area contributed by atoms with Gasteiger partial charge >= 0.3 is 11.8 Å². The molecular formula is C16H17N3O4S. The molecule has 2 amide bonds. The van der Waals surface area contributed by atoms with Crippen LogP contribution in [0.25, 0.3) is 0 Å². The number of aryl methyl sites for hydroxylation is 1. The average molecular weight is 347 g/mol. The van der Waals surface area contributed by atoms with Gasteiger partial charge in [0.1, 0.15) is 0 Å². The van der Waals surface area contributed by atoms with Crippen molar-refractivity contribution in [3.05, 3.63) is 59.7 Å². The molecule has 0 fully saturated rings. The van der Waals surface area contributed by atoms with E-state index in [1.807, 2.05) is 19.1 Å². The molecule has 4 N–H and O–H groups in total. The van der Waals surface area contributed by atoms with Crippen LogP contribution in [0.15, 0.2) is 53.4 Å². The van der Waals surface area contributed by atoms with Gasteiger partial charge in [0, 0.05) is 12.2 Å². The zero-order chi connectivity index (χ0) is 17.7. The van der Waals surface area contributed by atoms with E-state index in [-0.39, 0.29) is 11.4 Å². The van der Waals surface area contributed by atoms with E-state index in [9.17, 15) is 18.0 Å². The largest absolute Gasteiger partial charge is 0.344 e. The van der Waals surface area contributed by atoms with Crippen molar-refractivity contribution < 1.29 is 18.0 Å². The van der Waals surface area contributed by atoms with Gasteiger partial charge in [-0.25, -0.2) is 13.6 Å². The maximum Gasteiger partial charge on any atom is 0.313 e. The van der Waals surface area contributed by atoms with Gasteiger partial charge in [0.25, 0.3) is 0 Å². The fraction of sp³-hybridized carbons (Fsp3) is 0.125. The zero-order valence-corrected chi connectivity index (χ0v) is 13.8. The first-order valence-corrected chi connectivity index (χ1v) is 8.58. The Morgan fingerprint density at radius 1 is 0.958 bits per heavy atom. The van der Waals surface area contributed by atoms with Crippen LogP contribution in [0.1, 0.15) is 11.1 Å². The highest BCUT2D eigenvalue weighted by molar-refractivity contribution is 7.89. The Morgan fingerprint density at radius 3 is 2.08 bits per heavy atom. The third kappa shape index (κ3) is 4.90. The number of benzene rings is 2. The summed E-state index contributed by atoms with van der Waals surface area (Å²) in [6.07, 6.45) is 0. The predicted octanol–water partition coefficient (Wildman–Crippen LogP) is 0.897. The van der Waals surface area contributed by atoms with Gasteiger partial charge in [0.15, 0.2) is 0 Å². The van der Waals surface area contributed by atoms with E-state index in [0.717, 1.165) is 5.56 Å². The average Bonchev–Trinajstić information content (AvgIpc) is 2.54. The standard InChI is InChI=1S/C16H17N3O4S/c1-11-2-6-13(7-3-11)19-16(21)15(20)18-10-12-4-8-14(9-5-12)24(17,22)23/h2-9H,10H2,1H3,(H,18,20)(H,19,21)(H2,17,22,23). The quantitative estimate of drug-likeness (QED) is 0.712. The molecule has 0 saturated heterocycles. The second kappa shape index (κ2) is 7.24. The number of nitrogens with two attached hydrogens (primary N) is 1. The SMILES string of the molecule is Cc1ccc(NC(=O)C(=O)NCc2ccc(S(N)(=O)=O)cc2)cc1. The summed E-state index contributed by atoms with van der Waals surface area (Å²) in [6.45, 7) is 2.00. The number of hydrogen-bond donors (Lipinski definition) is 3. The Hall–Kier alpha value is -2.71. The summed E-state index contributed by atoms with van der Waals surface area (Å²) in [5.41, 5.74) is 2.21. The van der Waals surface area contributed by atoms with Crippen molar-refractivity contribution in [2.75, 3.05) is 5.32 Å². The minimum absolute atomic E-state index is 0.0188. The Balaban J connectivity index is 1.90. The van der Waals surface area contributed by atoms with E-state index < -0.39 is 21.8 Å². The van der Waals surface area contributed by atoms with E-state index in [1.54, 1.807) is 12.1 Å². The highest BCUT2D eigenvalue weighted by Gasteiger charge is 2.13. The lowest BCUT2D eigenvalue weighted by molar-refractivity contribution is -0.136. The van der Waals surface area contributed by atoms with Crippen molar-refractivity contribution in [2.24, 2.45) is 5.14 Å². The van der Waals surface area contributed by atoms with Crippen LogP contribution in [0.5, 0.6) is 0 Å². The monoisotopic (exact) mass is 347 g/mol. The van der Waals surface area contributed by atoms with Crippen LogP contribution in [-0.4, -0.2) is 20.2 Å². The number of carbonyl (C=O) groups is 2. The summed E-state index contributed by atoms with van der Waals surface area (Å²) >= 11 is 0. The molecule has 0 unspecified atom stereocenters. The van der Waals surface area contributed by atoms with Crippen molar-refractivity contribution >= 4 is 27.5 Å². The Labute approximate surface area is 139 Å². The number of amides is 2. The van der Waals surface area contributed by atoms with E-state index in [0.29, 0.717) is 11.3 Å². The van der Waals surface area contributed by atoms with Crippen LogP contribution in [0.2, 0.25) is 0 Å². The highest BCUT2D eigenvalue weighted by Crippen LogP contribution is 2.09. The third-order valence-corrected chi connectivity index (χ3v) is 4.15. The molecule has 2 rings (SSSR count). The molecule has 126 valence electrons. The van der Waals surface area contributed by atoms with E-state index in [4.69, 9.17) is 5.14 Å². The van der Waals surface area contributed by atoms with Crippen molar-refractivity contribution in [1.29, 1.82) is 0 Å². The zero-order valence-electron chi connectivity index (χ0n) is 12.9. The van der Waals surface area contributed by atoms with Crippen molar-refractivity contribution in [3.63, 3.8) is 0 Å². The molecule has 0 aliphatic rings. The molecule has 8 heteroatoms. The van der Waals surface area contributed by atoms with E-state index in [2.05, 4.69) is 10.6 Å². The van der Waals surface area contributed by atoms with Crippen molar-refractivity contribution in [2.45, 2.75) is 18.4 Å². The number of anilines is 1. The number of carbonyl (C=O) groups excluding carboxylic acids is 2.